The van der Waals surface area contributed by atoms with Crippen molar-refractivity contribution < 1.29 is 0 Å². The highest BCUT2D eigenvalue weighted by atomic mass is 15.3. The van der Waals surface area contributed by atoms with Crippen LogP contribution in [0.4, 0.5) is 0 Å². The molecular weight excluding hydrogens is 222 g/mol. The van der Waals surface area contributed by atoms with Crippen molar-refractivity contribution in [2.24, 2.45) is 11.8 Å². The normalized spacial score (nSPS) is 42.3. The molecule has 4 atom stereocenters. The summed E-state index contributed by atoms with van der Waals surface area (Å²) in [7, 11) is 2.28. The molecule has 0 aromatic carbocycles. The van der Waals surface area contributed by atoms with Gasteiger partial charge in [-0.3, -0.25) is 4.90 Å². The minimum atomic E-state index is 0.777. The van der Waals surface area contributed by atoms with Crippen LogP contribution in [0.3, 0.4) is 0 Å². The summed E-state index contributed by atoms with van der Waals surface area (Å²) in [6.45, 7) is 8.71. The summed E-state index contributed by atoms with van der Waals surface area (Å²) in [6, 6.07) is 1.57. The van der Waals surface area contributed by atoms with Gasteiger partial charge in [0.1, 0.15) is 0 Å². The van der Waals surface area contributed by atoms with Gasteiger partial charge in [-0.15, -0.1) is 0 Å². The van der Waals surface area contributed by atoms with Crippen LogP contribution >= 0.6 is 0 Å². The molecule has 0 aromatic rings. The third-order valence-corrected chi connectivity index (χ3v) is 5.66. The lowest BCUT2D eigenvalue weighted by molar-refractivity contribution is 0.0831. The SMILES string of the molecule is CCC1CN(CC2NCC3CCCC32)CCN1C. The number of likely N-dealkylation sites (N-methyl/N-ethyl adjacent to an activating group) is 1. The maximum Gasteiger partial charge on any atom is 0.0226 e. The van der Waals surface area contributed by atoms with Crippen molar-refractivity contribution in [3.63, 3.8) is 0 Å². The van der Waals surface area contributed by atoms with E-state index in [0.717, 1.165) is 23.9 Å². The van der Waals surface area contributed by atoms with Crippen molar-refractivity contribution in [3.8, 4) is 0 Å². The van der Waals surface area contributed by atoms with Gasteiger partial charge >= 0.3 is 0 Å². The number of hydrogen-bond acceptors (Lipinski definition) is 3. The predicted octanol–water partition coefficient (Wildman–Crippen LogP) is 1.40. The Hall–Kier alpha value is -0.120. The van der Waals surface area contributed by atoms with Gasteiger partial charge in [0.25, 0.3) is 0 Å². The fourth-order valence-corrected chi connectivity index (χ4v) is 4.40. The summed E-state index contributed by atoms with van der Waals surface area (Å²) < 4.78 is 0. The Bertz CT molecular complexity index is 281. The Balaban J connectivity index is 1.53. The van der Waals surface area contributed by atoms with Gasteiger partial charge in [0.05, 0.1) is 0 Å². The lowest BCUT2D eigenvalue weighted by Gasteiger charge is -2.40. The number of hydrogen-bond donors (Lipinski definition) is 1. The highest BCUT2D eigenvalue weighted by molar-refractivity contribution is 4.96. The Morgan fingerprint density at radius 1 is 1.22 bits per heavy atom. The van der Waals surface area contributed by atoms with E-state index in [-0.39, 0.29) is 0 Å². The summed E-state index contributed by atoms with van der Waals surface area (Å²) in [5, 5.41) is 3.79. The van der Waals surface area contributed by atoms with Crippen LogP contribution in [0, 0.1) is 11.8 Å². The maximum atomic E-state index is 3.79. The zero-order valence-electron chi connectivity index (χ0n) is 12.1. The summed E-state index contributed by atoms with van der Waals surface area (Å²) >= 11 is 0. The molecule has 2 aliphatic heterocycles. The predicted molar refractivity (Wildman–Crippen MR) is 75.8 cm³/mol. The fourth-order valence-electron chi connectivity index (χ4n) is 4.40. The smallest absolute Gasteiger partial charge is 0.0226 e. The molecule has 3 aliphatic rings. The number of nitrogens with one attached hydrogen (secondary N) is 1. The minimum Gasteiger partial charge on any atom is -0.312 e. The molecule has 3 heteroatoms. The Morgan fingerprint density at radius 3 is 2.94 bits per heavy atom. The van der Waals surface area contributed by atoms with Crippen LogP contribution in [0.15, 0.2) is 0 Å². The second kappa shape index (κ2) is 5.48. The van der Waals surface area contributed by atoms with E-state index >= 15 is 0 Å². The third-order valence-electron chi connectivity index (χ3n) is 5.66. The maximum absolute atomic E-state index is 3.79. The topological polar surface area (TPSA) is 18.5 Å². The summed E-state index contributed by atoms with van der Waals surface area (Å²) in [5.74, 6) is 1.99. The van der Waals surface area contributed by atoms with Crippen LogP contribution in [0.1, 0.15) is 32.6 Å². The van der Waals surface area contributed by atoms with E-state index in [4.69, 9.17) is 0 Å². The monoisotopic (exact) mass is 251 g/mol. The number of nitrogens with zero attached hydrogens (tertiary/aromatic N) is 2. The highest BCUT2D eigenvalue weighted by Gasteiger charge is 2.39. The van der Waals surface area contributed by atoms with Crippen LogP contribution in [0.5, 0.6) is 0 Å². The Kier molecular flexibility index (Phi) is 3.92. The van der Waals surface area contributed by atoms with Crippen LogP contribution in [-0.2, 0) is 0 Å². The van der Waals surface area contributed by atoms with Gasteiger partial charge in [0, 0.05) is 38.3 Å². The summed E-state index contributed by atoms with van der Waals surface area (Å²) in [4.78, 5) is 5.25. The second-order valence-corrected chi connectivity index (χ2v) is 6.67. The third kappa shape index (κ3) is 2.45. The molecule has 4 unspecified atom stereocenters. The molecule has 1 N–H and O–H groups in total. The van der Waals surface area contributed by atoms with E-state index in [1.54, 1.807) is 0 Å². The molecule has 0 radical (unpaired) electrons. The molecule has 0 bridgehead atoms. The first kappa shape index (κ1) is 12.9. The van der Waals surface area contributed by atoms with Crippen LogP contribution in [0.25, 0.3) is 0 Å². The molecule has 104 valence electrons. The average molecular weight is 251 g/mol. The van der Waals surface area contributed by atoms with Gasteiger partial charge in [-0.05, 0) is 44.7 Å². The Morgan fingerprint density at radius 2 is 2.11 bits per heavy atom. The van der Waals surface area contributed by atoms with E-state index < -0.39 is 0 Å². The highest BCUT2D eigenvalue weighted by Crippen LogP contribution is 2.37. The molecule has 1 aliphatic carbocycles. The van der Waals surface area contributed by atoms with Crippen molar-refractivity contribution >= 4 is 0 Å². The van der Waals surface area contributed by atoms with Crippen LogP contribution in [-0.4, -0.2) is 61.7 Å². The molecule has 0 aromatic heterocycles. The lowest BCUT2D eigenvalue weighted by atomic mass is 9.93. The zero-order chi connectivity index (χ0) is 12.5. The molecule has 0 amide bonds. The zero-order valence-corrected chi connectivity index (χ0v) is 12.1. The number of piperazine rings is 1. The molecule has 3 rings (SSSR count). The van der Waals surface area contributed by atoms with Gasteiger partial charge in [-0.1, -0.05) is 13.3 Å². The minimum absolute atomic E-state index is 0.777. The largest absolute Gasteiger partial charge is 0.312 e. The van der Waals surface area contributed by atoms with Gasteiger partial charge in [-0.25, -0.2) is 0 Å². The molecule has 3 fully saturated rings. The molecule has 18 heavy (non-hydrogen) atoms. The van der Waals surface area contributed by atoms with Crippen molar-refractivity contribution in [2.45, 2.75) is 44.7 Å². The van der Waals surface area contributed by atoms with Crippen molar-refractivity contribution in [1.29, 1.82) is 0 Å². The standard InChI is InChI=1S/C15H29N3/c1-3-13-10-18(8-7-17(13)2)11-15-14-6-4-5-12(14)9-16-15/h12-16H,3-11H2,1-2H3. The molecule has 2 saturated heterocycles. The molecule has 0 spiro atoms. The average Bonchev–Trinajstić information content (AvgIpc) is 2.96. The van der Waals surface area contributed by atoms with E-state index in [0.29, 0.717) is 0 Å². The fraction of sp³-hybridized carbons (Fsp3) is 1.00. The van der Waals surface area contributed by atoms with E-state index in [1.165, 1.54) is 58.4 Å². The van der Waals surface area contributed by atoms with Gasteiger partial charge in [0.2, 0.25) is 0 Å². The first-order valence-electron chi connectivity index (χ1n) is 7.94. The van der Waals surface area contributed by atoms with E-state index in [1.807, 2.05) is 0 Å². The molecule has 3 nitrogen and oxygen atoms in total. The first-order valence-corrected chi connectivity index (χ1v) is 7.94. The van der Waals surface area contributed by atoms with Gasteiger partial charge in [-0.2, -0.15) is 0 Å². The first-order chi connectivity index (χ1) is 8.78. The Labute approximate surface area is 112 Å². The lowest BCUT2D eigenvalue weighted by Crippen LogP contribution is -2.54. The number of fused-ring (bicyclic) bond motifs is 1. The number of rotatable bonds is 3. The molecular formula is C15H29N3. The van der Waals surface area contributed by atoms with Crippen molar-refractivity contribution in [2.75, 3.05) is 39.8 Å². The van der Waals surface area contributed by atoms with Gasteiger partial charge in [0.15, 0.2) is 0 Å². The molecule has 2 heterocycles. The van der Waals surface area contributed by atoms with Crippen LogP contribution in [0.2, 0.25) is 0 Å². The summed E-state index contributed by atoms with van der Waals surface area (Å²) in [5.41, 5.74) is 0. The molecule has 1 saturated carbocycles. The van der Waals surface area contributed by atoms with Crippen molar-refractivity contribution in [3.05, 3.63) is 0 Å². The van der Waals surface area contributed by atoms with Gasteiger partial charge < -0.3 is 10.2 Å². The summed E-state index contributed by atoms with van der Waals surface area (Å²) in [6.07, 6.45) is 5.73. The van der Waals surface area contributed by atoms with Crippen molar-refractivity contribution in [1.82, 2.24) is 15.1 Å². The quantitative estimate of drug-likeness (QED) is 0.818. The second-order valence-electron chi connectivity index (χ2n) is 6.67. The van der Waals surface area contributed by atoms with E-state index in [2.05, 4.69) is 29.1 Å². The van der Waals surface area contributed by atoms with E-state index in [9.17, 15) is 0 Å². The van der Waals surface area contributed by atoms with Crippen LogP contribution < -0.4 is 5.32 Å².